The van der Waals surface area contributed by atoms with Crippen molar-refractivity contribution in [1.29, 1.82) is 0 Å². The molecule has 1 aromatic heterocycles. The van der Waals surface area contributed by atoms with Gasteiger partial charge in [-0.2, -0.15) is 4.98 Å². The van der Waals surface area contributed by atoms with Crippen LogP contribution in [0.25, 0.3) is 11.4 Å². The first-order valence-corrected chi connectivity index (χ1v) is 8.56. The maximum absolute atomic E-state index is 5.87. The van der Waals surface area contributed by atoms with Gasteiger partial charge in [0.15, 0.2) is 0 Å². The molecule has 1 aliphatic rings. The van der Waals surface area contributed by atoms with Crippen molar-refractivity contribution in [1.82, 2.24) is 15.0 Å². The second-order valence-corrected chi connectivity index (χ2v) is 6.41. The molecule has 1 saturated heterocycles. The highest BCUT2D eigenvalue weighted by Crippen LogP contribution is 2.24. The van der Waals surface area contributed by atoms with Crippen molar-refractivity contribution < 1.29 is 9.26 Å². The van der Waals surface area contributed by atoms with Crippen molar-refractivity contribution in [2.75, 3.05) is 19.7 Å². The molecule has 25 heavy (non-hydrogen) atoms. The molecular weight excluding hydrogens is 314 g/mol. The van der Waals surface area contributed by atoms with E-state index in [1.807, 2.05) is 30.3 Å². The summed E-state index contributed by atoms with van der Waals surface area (Å²) >= 11 is 0. The van der Waals surface area contributed by atoms with E-state index < -0.39 is 0 Å². The van der Waals surface area contributed by atoms with E-state index in [-0.39, 0.29) is 6.10 Å². The van der Waals surface area contributed by atoms with Crippen LogP contribution in [0.1, 0.15) is 23.1 Å². The molecule has 2 heterocycles. The monoisotopic (exact) mass is 335 g/mol. The van der Waals surface area contributed by atoms with Crippen molar-refractivity contribution in [2.45, 2.75) is 19.6 Å². The number of benzene rings is 2. The van der Waals surface area contributed by atoms with Gasteiger partial charge in [-0.3, -0.25) is 4.90 Å². The van der Waals surface area contributed by atoms with E-state index in [9.17, 15) is 0 Å². The van der Waals surface area contributed by atoms with Crippen molar-refractivity contribution in [2.24, 2.45) is 0 Å². The normalized spacial score (nSPS) is 18.4. The van der Waals surface area contributed by atoms with Gasteiger partial charge >= 0.3 is 0 Å². The van der Waals surface area contributed by atoms with Crippen LogP contribution in [0, 0.1) is 6.92 Å². The molecule has 0 radical (unpaired) electrons. The Kier molecular flexibility index (Phi) is 4.59. The summed E-state index contributed by atoms with van der Waals surface area (Å²) in [6, 6.07) is 18.5. The summed E-state index contributed by atoms with van der Waals surface area (Å²) in [4.78, 5) is 6.90. The average molecular weight is 335 g/mol. The zero-order valence-corrected chi connectivity index (χ0v) is 14.3. The first-order valence-electron chi connectivity index (χ1n) is 8.56. The predicted molar refractivity (Wildman–Crippen MR) is 94.9 cm³/mol. The molecule has 0 aliphatic carbocycles. The lowest BCUT2D eigenvalue weighted by molar-refractivity contribution is -0.0475. The van der Waals surface area contributed by atoms with Crippen LogP contribution in [0.15, 0.2) is 59.1 Å². The summed E-state index contributed by atoms with van der Waals surface area (Å²) in [6.07, 6.45) is -0.177. The number of ether oxygens (including phenoxy) is 1. The number of morpholine rings is 1. The minimum atomic E-state index is -0.177. The van der Waals surface area contributed by atoms with Crippen LogP contribution in [-0.2, 0) is 11.3 Å². The molecule has 1 aliphatic heterocycles. The molecule has 0 bridgehead atoms. The lowest BCUT2D eigenvalue weighted by Gasteiger charge is -2.31. The molecule has 1 fully saturated rings. The minimum absolute atomic E-state index is 0.177. The Morgan fingerprint density at radius 3 is 2.84 bits per heavy atom. The second-order valence-electron chi connectivity index (χ2n) is 6.41. The Morgan fingerprint density at radius 1 is 1.12 bits per heavy atom. The van der Waals surface area contributed by atoms with Gasteiger partial charge in [-0.15, -0.1) is 0 Å². The van der Waals surface area contributed by atoms with Crippen LogP contribution in [0.2, 0.25) is 0 Å². The minimum Gasteiger partial charge on any atom is -0.366 e. The molecule has 5 nitrogen and oxygen atoms in total. The summed E-state index contributed by atoms with van der Waals surface area (Å²) in [5, 5.41) is 4.10. The first-order chi connectivity index (χ1) is 12.3. The zero-order valence-electron chi connectivity index (χ0n) is 14.3. The maximum Gasteiger partial charge on any atom is 0.257 e. The maximum atomic E-state index is 5.87. The quantitative estimate of drug-likeness (QED) is 0.729. The Hall–Kier alpha value is -2.50. The molecule has 128 valence electrons. The molecule has 1 atom stereocenters. The van der Waals surface area contributed by atoms with E-state index in [2.05, 4.69) is 46.2 Å². The van der Waals surface area contributed by atoms with Crippen LogP contribution in [0.3, 0.4) is 0 Å². The van der Waals surface area contributed by atoms with Crippen LogP contribution in [-0.4, -0.2) is 34.7 Å². The van der Waals surface area contributed by atoms with E-state index in [0.29, 0.717) is 18.3 Å². The molecule has 5 heteroatoms. The van der Waals surface area contributed by atoms with Gasteiger partial charge in [0.2, 0.25) is 5.82 Å². The van der Waals surface area contributed by atoms with Crippen molar-refractivity contribution >= 4 is 0 Å². The molecular formula is C20H21N3O2. The Morgan fingerprint density at radius 2 is 2.00 bits per heavy atom. The molecule has 3 aromatic rings. The van der Waals surface area contributed by atoms with E-state index in [1.165, 1.54) is 11.1 Å². The third-order valence-electron chi connectivity index (χ3n) is 4.39. The first kappa shape index (κ1) is 16.0. The fourth-order valence-electron chi connectivity index (χ4n) is 3.13. The van der Waals surface area contributed by atoms with Crippen LogP contribution < -0.4 is 0 Å². The van der Waals surface area contributed by atoms with E-state index in [4.69, 9.17) is 9.26 Å². The largest absolute Gasteiger partial charge is 0.366 e. The highest BCUT2D eigenvalue weighted by molar-refractivity contribution is 5.53. The Bertz CT molecular complexity index is 832. The van der Waals surface area contributed by atoms with Crippen LogP contribution >= 0.6 is 0 Å². The van der Waals surface area contributed by atoms with Gasteiger partial charge in [0.25, 0.3) is 5.89 Å². The van der Waals surface area contributed by atoms with Crippen molar-refractivity contribution in [3.05, 3.63) is 71.6 Å². The summed E-state index contributed by atoms with van der Waals surface area (Å²) in [5.74, 6) is 1.16. The Labute approximate surface area is 147 Å². The number of rotatable bonds is 4. The molecule has 0 saturated carbocycles. The summed E-state index contributed by atoms with van der Waals surface area (Å²) < 4.78 is 11.3. The van der Waals surface area contributed by atoms with Crippen LogP contribution in [0.4, 0.5) is 0 Å². The summed E-state index contributed by atoms with van der Waals surface area (Å²) in [6.45, 7) is 5.35. The van der Waals surface area contributed by atoms with Gasteiger partial charge < -0.3 is 9.26 Å². The van der Waals surface area contributed by atoms with Gasteiger partial charge in [-0.25, -0.2) is 0 Å². The number of hydrogen-bond donors (Lipinski definition) is 0. The third kappa shape index (κ3) is 3.78. The molecule has 0 N–H and O–H groups in total. The number of nitrogens with zero attached hydrogens (tertiary/aromatic N) is 3. The zero-order chi connectivity index (χ0) is 17.1. The number of aryl methyl sites for hydroxylation is 1. The number of aromatic nitrogens is 2. The second kappa shape index (κ2) is 7.17. The molecule has 4 rings (SSSR count). The van der Waals surface area contributed by atoms with Crippen LogP contribution in [0.5, 0.6) is 0 Å². The van der Waals surface area contributed by atoms with Gasteiger partial charge in [-0.1, -0.05) is 65.3 Å². The fourth-order valence-corrected chi connectivity index (χ4v) is 3.13. The average Bonchev–Trinajstić information content (AvgIpc) is 3.13. The van der Waals surface area contributed by atoms with Gasteiger partial charge in [0.05, 0.1) is 6.61 Å². The summed E-state index contributed by atoms with van der Waals surface area (Å²) in [5.41, 5.74) is 3.55. The van der Waals surface area contributed by atoms with Gasteiger partial charge in [0.1, 0.15) is 6.10 Å². The smallest absolute Gasteiger partial charge is 0.257 e. The topological polar surface area (TPSA) is 51.4 Å². The highest BCUT2D eigenvalue weighted by Gasteiger charge is 2.27. The van der Waals surface area contributed by atoms with E-state index in [1.54, 1.807) is 0 Å². The molecule has 2 aromatic carbocycles. The fraction of sp³-hybridized carbons (Fsp3) is 0.300. The summed E-state index contributed by atoms with van der Waals surface area (Å²) in [7, 11) is 0. The SMILES string of the molecule is Cc1cccc(CN2CCO[C@H](c3nc(-c4ccccc4)no3)C2)c1. The lowest BCUT2D eigenvalue weighted by atomic mass is 10.1. The molecule has 0 spiro atoms. The van der Waals surface area contributed by atoms with Gasteiger partial charge in [0, 0.05) is 25.2 Å². The van der Waals surface area contributed by atoms with Crippen molar-refractivity contribution in [3.63, 3.8) is 0 Å². The third-order valence-corrected chi connectivity index (χ3v) is 4.39. The molecule has 0 amide bonds. The van der Waals surface area contributed by atoms with Crippen molar-refractivity contribution in [3.8, 4) is 11.4 Å². The van der Waals surface area contributed by atoms with E-state index >= 15 is 0 Å². The number of hydrogen-bond acceptors (Lipinski definition) is 5. The van der Waals surface area contributed by atoms with E-state index in [0.717, 1.165) is 25.2 Å². The standard InChI is InChI=1S/C20H21N3O2/c1-15-6-5-7-16(12-15)13-23-10-11-24-18(14-23)20-21-19(22-25-20)17-8-3-2-4-9-17/h2-9,12,18H,10-11,13-14H2,1H3/t18-/m0/s1. The predicted octanol–water partition coefficient (Wildman–Crippen LogP) is 3.62. The Balaban J connectivity index is 1.45. The highest BCUT2D eigenvalue weighted by atomic mass is 16.5. The molecule has 0 unspecified atom stereocenters. The lowest BCUT2D eigenvalue weighted by Crippen LogP contribution is -2.37. The van der Waals surface area contributed by atoms with Gasteiger partial charge in [-0.05, 0) is 12.5 Å².